The fourth-order valence-corrected chi connectivity index (χ4v) is 11.7. The number of phosphoric acid groups is 1. The van der Waals surface area contributed by atoms with Crippen LogP contribution < -0.4 is 9.05 Å². The molecule has 11 heteroatoms. The van der Waals surface area contributed by atoms with E-state index in [0.717, 1.165) is 80.9 Å². The standard InChI is InChI=1S/C58H67N6O4P/c1-9-11-13-15-17-19-21-43-23-25-47-45(31-43)33-49(51-35-63(61-59-51)55-39(5)27-37(3)28-40(55)6)57-53(47)54-48-26-24-44(22-20-18-16-14-12-10-2)32-46(48)34-50(58(54)68-69(65,66)67-57)52-36-64(62-60-52)56-41(7)29-38(4)30-42(56)8/h23-36H,9-22H2,1-8H3,(H,65,66). The van der Waals surface area contributed by atoms with Crippen LogP contribution in [0.15, 0.2) is 85.2 Å². The third kappa shape index (κ3) is 10.2. The Hall–Kier alpha value is -6.09. The molecule has 10 nitrogen and oxygen atoms in total. The number of rotatable bonds is 18. The molecule has 1 N–H and O–H groups in total. The van der Waals surface area contributed by atoms with E-state index in [1.165, 1.54) is 86.5 Å². The van der Waals surface area contributed by atoms with Gasteiger partial charge in [0, 0.05) is 22.3 Å². The summed E-state index contributed by atoms with van der Waals surface area (Å²) in [6.07, 6.45) is 20.2. The molecular formula is C58H67N6O4P. The number of aryl methyl sites for hydroxylation is 8. The summed E-state index contributed by atoms with van der Waals surface area (Å²) in [4.78, 5) is 12.0. The van der Waals surface area contributed by atoms with E-state index in [1.54, 1.807) is 9.36 Å². The van der Waals surface area contributed by atoms with Crippen molar-refractivity contribution in [3.63, 3.8) is 0 Å². The number of aromatic nitrogens is 6. The molecule has 0 radical (unpaired) electrons. The Balaban J connectivity index is 1.28. The van der Waals surface area contributed by atoms with Gasteiger partial charge in [-0.3, -0.25) is 4.89 Å². The van der Waals surface area contributed by atoms with Gasteiger partial charge in [-0.2, -0.15) is 0 Å². The van der Waals surface area contributed by atoms with Crippen molar-refractivity contribution in [3.05, 3.63) is 130 Å². The molecule has 0 atom stereocenters. The first-order chi connectivity index (χ1) is 33.3. The average molecular weight is 943 g/mol. The summed E-state index contributed by atoms with van der Waals surface area (Å²) in [6, 6.07) is 25.8. The van der Waals surface area contributed by atoms with Crippen LogP contribution in [0.5, 0.6) is 11.5 Å². The van der Waals surface area contributed by atoms with Gasteiger partial charge >= 0.3 is 7.82 Å². The molecule has 1 aliphatic heterocycles. The molecule has 1 aliphatic rings. The molecule has 0 amide bonds. The van der Waals surface area contributed by atoms with Gasteiger partial charge in [-0.1, -0.05) is 160 Å². The summed E-state index contributed by atoms with van der Waals surface area (Å²) in [6.45, 7) is 17.0. The third-order valence-corrected chi connectivity index (χ3v) is 14.7. The predicted octanol–water partition coefficient (Wildman–Crippen LogP) is 15.7. The van der Waals surface area contributed by atoms with Crippen LogP contribution in [0.1, 0.15) is 135 Å². The van der Waals surface area contributed by atoms with E-state index >= 15 is 0 Å². The van der Waals surface area contributed by atoms with Gasteiger partial charge in [-0.15, -0.1) is 10.2 Å². The average Bonchev–Trinajstić information content (AvgIpc) is 3.96. The first kappa shape index (κ1) is 48.0. The van der Waals surface area contributed by atoms with Gasteiger partial charge in [-0.25, -0.2) is 13.9 Å². The molecule has 3 heterocycles. The highest BCUT2D eigenvalue weighted by atomic mass is 31.2. The highest BCUT2D eigenvalue weighted by Gasteiger charge is 2.39. The zero-order valence-corrected chi connectivity index (χ0v) is 42.7. The molecule has 0 aliphatic carbocycles. The zero-order chi connectivity index (χ0) is 48.4. The Morgan fingerprint density at radius 1 is 0.507 bits per heavy atom. The molecular weight excluding hydrogens is 876 g/mol. The zero-order valence-electron chi connectivity index (χ0n) is 41.8. The number of fused-ring (bicyclic) bond motifs is 7. The van der Waals surface area contributed by atoms with Crippen LogP contribution in [0.4, 0.5) is 0 Å². The van der Waals surface area contributed by atoms with Crippen molar-refractivity contribution < 1.29 is 18.5 Å². The van der Waals surface area contributed by atoms with Crippen molar-refractivity contribution in [3.8, 4) is 56.5 Å². The van der Waals surface area contributed by atoms with Crippen molar-refractivity contribution >= 4 is 29.4 Å². The van der Waals surface area contributed by atoms with Crippen LogP contribution in [0.3, 0.4) is 0 Å². The molecule has 8 aromatic rings. The van der Waals surface area contributed by atoms with Gasteiger partial charge < -0.3 is 9.05 Å². The summed E-state index contributed by atoms with van der Waals surface area (Å²) in [7, 11) is -4.87. The minimum Gasteiger partial charge on any atom is -0.394 e. The molecule has 0 saturated heterocycles. The number of nitrogens with zero attached hydrogens (tertiary/aromatic N) is 6. The summed E-state index contributed by atoms with van der Waals surface area (Å²) < 4.78 is 31.0. The Kier molecular flexibility index (Phi) is 14.2. The second-order valence-electron chi connectivity index (χ2n) is 19.6. The first-order valence-corrected chi connectivity index (χ1v) is 26.8. The lowest BCUT2D eigenvalue weighted by Crippen LogP contribution is -2.01. The van der Waals surface area contributed by atoms with E-state index in [4.69, 9.17) is 19.2 Å². The van der Waals surface area contributed by atoms with Gasteiger partial charge in [0.05, 0.1) is 23.8 Å². The molecule has 358 valence electrons. The van der Waals surface area contributed by atoms with E-state index in [0.29, 0.717) is 33.6 Å². The van der Waals surface area contributed by atoms with E-state index in [-0.39, 0.29) is 11.5 Å². The van der Waals surface area contributed by atoms with Crippen LogP contribution in [-0.4, -0.2) is 34.9 Å². The summed E-state index contributed by atoms with van der Waals surface area (Å²) in [5.41, 5.74) is 14.3. The van der Waals surface area contributed by atoms with E-state index in [2.05, 4.69) is 126 Å². The van der Waals surface area contributed by atoms with Gasteiger partial charge in [0.25, 0.3) is 0 Å². The maximum absolute atomic E-state index is 14.7. The second kappa shape index (κ2) is 20.5. The molecule has 0 saturated carbocycles. The number of phosphoric ester groups is 1. The lowest BCUT2D eigenvalue weighted by molar-refractivity contribution is 0.295. The van der Waals surface area contributed by atoms with Crippen LogP contribution in [-0.2, 0) is 17.4 Å². The Morgan fingerprint density at radius 2 is 0.884 bits per heavy atom. The highest BCUT2D eigenvalue weighted by Crippen LogP contribution is 2.61. The maximum Gasteiger partial charge on any atom is 0.584 e. The van der Waals surface area contributed by atoms with Crippen LogP contribution in [0, 0.1) is 41.5 Å². The molecule has 0 fully saturated rings. The molecule has 2 aromatic heterocycles. The second-order valence-corrected chi connectivity index (χ2v) is 20.9. The first-order valence-electron chi connectivity index (χ1n) is 25.3. The Bertz CT molecular complexity index is 2980. The van der Waals surface area contributed by atoms with Gasteiger partial charge in [0.2, 0.25) is 0 Å². The van der Waals surface area contributed by atoms with E-state index in [9.17, 15) is 9.46 Å². The van der Waals surface area contributed by atoms with Gasteiger partial charge in [0.15, 0.2) is 11.5 Å². The topological polar surface area (TPSA) is 117 Å². The molecule has 0 unspecified atom stereocenters. The van der Waals surface area contributed by atoms with Crippen LogP contribution >= 0.6 is 7.82 Å². The van der Waals surface area contributed by atoms with Gasteiger partial charge in [-0.05, 0) is 134 Å². The van der Waals surface area contributed by atoms with Crippen molar-refractivity contribution in [2.75, 3.05) is 0 Å². The van der Waals surface area contributed by atoms with Crippen molar-refractivity contribution in [1.29, 1.82) is 0 Å². The smallest absolute Gasteiger partial charge is 0.394 e. The largest absolute Gasteiger partial charge is 0.584 e. The number of hydrogen-bond acceptors (Lipinski definition) is 7. The Labute approximate surface area is 407 Å². The Morgan fingerprint density at radius 3 is 1.28 bits per heavy atom. The minimum absolute atomic E-state index is 0.212. The quantitative estimate of drug-likeness (QED) is 0.0668. The normalized spacial score (nSPS) is 13.1. The van der Waals surface area contributed by atoms with Crippen molar-refractivity contribution in [1.82, 2.24) is 30.0 Å². The van der Waals surface area contributed by atoms with Crippen LogP contribution in [0.2, 0.25) is 0 Å². The summed E-state index contributed by atoms with van der Waals surface area (Å²) >= 11 is 0. The molecule has 69 heavy (non-hydrogen) atoms. The monoisotopic (exact) mass is 942 g/mol. The van der Waals surface area contributed by atoms with E-state index < -0.39 is 7.82 Å². The molecule has 0 spiro atoms. The van der Waals surface area contributed by atoms with Gasteiger partial charge in [0.1, 0.15) is 11.4 Å². The lowest BCUT2D eigenvalue weighted by atomic mass is 9.86. The lowest BCUT2D eigenvalue weighted by Gasteiger charge is -2.18. The van der Waals surface area contributed by atoms with Crippen molar-refractivity contribution in [2.45, 2.75) is 145 Å². The third-order valence-electron chi connectivity index (χ3n) is 13.9. The molecule has 9 rings (SSSR count). The molecule has 6 aromatic carbocycles. The maximum atomic E-state index is 14.7. The number of hydrogen-bond donors (Lipinski definition) is 1. The van der Waals surface area contributed by atoms with Crippen molar-refractivity contribution in [2.24, 2.45) is 0 Å². The number of unbranched alkanes of at least 4 members (excludes halogenated alkanes) is 10. The van der Waals surface area contributed by atoms with Crippen LogP contribution in [0.25, 0.3) is 66.6 Å². The summed E-state index contributed by atoms with van der Waals surface area (Å²) in [5, 5.41) is 22.5. The van der Waals surface area contributed by atoms with E-state index in [1.807, 2.05) is 24.5 Å². The fourth-order valence-electron chi connectivity index (χ4n) is 10.8. The predicted molar refractivity (Wildman–Crippen MR) is 281 cm³/mol. The fraction of sp³-hybridized carbons (Fsp3) is 0.379. The summed E-state index contributed by atoms with van der Waals surface area (Å²) in [5.74, 6) is 0.425. The SMILES string of the molecule is CCCCCCCCc1ccc2c3c(c(-c4cn(-c5c(C)cc(C)cc5C)nn4)cc2c1)OP(=O)(O)Oc1c(-c2cn(-c4c(C)cc(C)cc4C)nn2)cc2cc(CCCCCCCC)ccc2c1-3. The molecule has 0 bridgehead atoms. The minimum atomic E-state index is -4.87. The highest BCUT2D eigenvalue weighted by molar-refractivity contribution is 7.48. The number of benzene rings is 6.